The molecule has 0 radical (unpaired) electrons. The molecule has 2 aromatic rings. The molecule has 162 valence electrons. The first kappa shape index (κ1) is 21.0. The van der Waals surface area contributed by atoms with Crippen molar-refractivity contribution in [2.75, 3.05) is 32.2 Å². The summed E-state index contributed by atoms with van der Waals surface area (Å²) in [6, 6.07) is 12.9. The van der Waals surface area contributed by atoms with E-state index in [1.807, 2.05) is 31.2 Å². The van der Waals surface area contributed by atoms with Crippen LogP contribution in [-0.4, -0.2) is 44.0 Å². The number of amides is 2. The average Bonchev–Trinajstić information content (AvgIpc) is 3.04. The van der Waals surface area contributed by atoms with Gasteiger partial charge in [-0.25, -0.2) is 4.90 Å². The van der Waals surface area contributed by atoms with E-state index in [1.54, 1.807) is 25.3 Å². The zero-order valence-corrected chi connectivity index (χ0v) is 18.5. The minimum Gasteiger partial charge on any atom is -0.493 e. The Bertz CT molecular complexity index is 1030. The summed E-state index contributed by atoms with van der Waals surface area (Å²) < 4.78 is 10.7. The van der Waals surface area contributed by atoms with Crippen LogP contribution in [0.25, 0.3) is 5.57 Å². The number of carbonyl (C=O) groups excluding carboxylic acids is 2. The Morgan fingerprint density at radius 1 is 0.871 bits per heavy atom. The molecule has 0 unspecified atom stereocenters. The lowest BCUT2D eigenvalue weighted by Crippen LogP contribution is -2.38. The molecule has 4 rings (SSSR count). The molecule has 0 saturated carbocycles. The number of piperidine rings is 1. The van der Waals surface area contributed by atoms with Crippen molar-refractivity contribution in [2.24, 2.45) is 5.92 Å². The number of nitrogens with zero attached hydrogens (tertiary/aromatic N) is 2. The highest BCUT2D eigenvalue weighted by molar-refractivity contribution is 6.45. The lowest BCUT2D eigenvalue weighted by Gasteiger charge is -2.32. The van der Waals surface area contributed by atoms with E-state index in [9.17, 15) is 9.59 Å². The van der Waals surface area contributed by atoms with E-state index in [2.05, 4.69) is 11.8 Å². The third kappa shape index (κ3) is 3.78. The van der Waals surface area contributed by atoms with Gasteiger partial charge in [0, 0.05) is 19.2 Å². The molecule has 2 amide bonds. The number of anilines is 1. The lowest BCUT2D eigenvalue weighted by molar-refractivity contribution is -0.120. The fourth-order valence-electron chi connectivity index (χ4n) is 4.22. The van der Waals surface area contributed by atoms with Crippen molar-refractivity contribution in [1.82, 2.24) is 4.90 Å². The van der Waals surface area contributed by atoms with Crippen molar-refractivity contribution in [3.63, 3.8) is 0 Å². The minimum atomic E-state index is -0.310. The number of hydrogen-bond acceptors (Lipinski definition) is 5. The molecule has 0 spiro atoms. The Morgan fingerprint density at radius 3 is 2.13 bits per heavy atom. The SMILES string of the molecule is COc1ccc(N2C(=O)C(c3ccc(C)cc3)=C(N3CCC(C)CC3)C2=O)cc1OC. The van der Waals surface area contributed by atoms with Gasteiger partial charge in [-0.05, 0) is 43.4 Å². The first-order valence-corrected chi connectivity index (χ1v) is 10.6. The van der Waals surface area contributed by atoms with Gasteiger partial charge in [0.1, 0.15) is 5.70 Å². The van der Waals surface area contributed by atoms with Crippen LogP contribution >= 0.6 is 0 Å². The molecule has 6 nitrogen and oxygen atoms in total. The van der Waals surface area contributed by atoms with E-state index in [0.717, 1.165) is 37.1 Å². The predicted molar refractivity (Wildman–Crippen MR) is 120 cm³/mol. The van der Waals surface area contributed by atoms with Crippen LogP contribution in [-0.2, 0) is 9.59 Å². The summed E-state index contributed by atoms with van der Waals surface area (Å²) in [6.45, 7) is 5.77. The monoisotopic (exact) mass is 420 g/mol. The van der Waals surface area contributed by atoms with E-state index in [4.69, 9.17) is 9.47 Å². The molecule has 0 bridgehead atoms. The van der Waals surface area contributed by atoms with Crippen LogP contribution < -0.4 is 14.4 Å². The molecule has 2 aromatic carbocycles. The molecular formula is C25H28N2O4. The number of aryl methyl sites for hydroxylation is 1. The van der Waals surface area contributed by atoms with Gasteiger partial charge in [-0.1, -0.05) is 36.8 Å². The van der Waals surface area contributed by atoms with Gasteiger partial charge in [-0.2, -0.15) is 0 Å². The third-order valence-electron chi connectivity index (χ3n) is 6.12. The summed E-state index contributed by atoms with van der Waals surface area (Å²) in [7, 11) is 3.09. The maximum atomic E-state index is 13.6. The highest BCUT2D eigenvalue weighted by atomic mass is 16.5. The van der Waals surface area contributed by atoms with Crippen molar-refractivity contribution >= 4 is 23.1 Å². The first-order chi connectivity index (χ1) is 14.9. The molecule has 0 atom stereocenters. The summed E-state index contributed by atoms with van der Waals surface area (Å²) in [5.74, 6) is 1.03. The summed E-state index contributed by atoms with van der Waals surface area (Å²) in [5, 5.41) is 0. The van der Waals surface area contributed by atoms with Gasteiger partial charge in [-0.3, -0.25) is 9.59 Å². The quantitative estimate of drug-likeness (QED) is 0.684. The Balaban J connectivity index is 1.79. The van der Waals surface area contributed by atoms with Gasteiger partial charge in [0.15, 0.2) is 11.5 Å². The Kier molecular flexibility index (Phi) is 5.72. The maximum Gasteiger partial charge on any atom is 0.282 e. The molecule has 0 aromatic heterocycles. The van der Waals surface area contributed by atoms with Crippen LogP contribution in [0.3, 0.4) is 0 Å². The molecule has 1 fully saturated rings. The van der Waals surface area contributed by atoms with Gasteiger partial charge < -0.3 is 14.4 Å². The maximum absolute atomic E-state index is 13.6. The lowest BCUT2D eigenvalue weighted by atomic mass is 9.97. The third-order valence-corrected chi connectivity index (χ3v) is 6.12. The van der Waals surface area contributed by atoms with Crippen LogP contribution in [0.4, 0.5) is 5.69 Å². The van der Waals surface area contributed by atoms with Crippen LogP contribution in [0.5, 0.6) is 11.5 Å². The molecule has 2 heterocycles. The molecule has 31 heavy (non-hydrogen) atoms. The number of methoxy groups -OCH3 is 2. The average molecular weight is 421 g/mol. The van der Waals surface area contributed by atoms with Gasteiger partial charge in [0.05, 0.1) is 25.5 Å². The fourth-order valence-corrected chi connectivity index (χ4v) is 4.22. The number of rotatable bonds is 5. The summed E-state index contributed by atoms with van der Waals surface area (Å²) in [6.07, 6.45) is 2.00. The van der Waals surface area contributed by atoms with Gasteiger partial charge in [0.25, 0.3) is 11.8 Å². The molecule has 0 aliphatic carbocycles. The largest absolute Gasteiger partial charge is 0.493 e. The Labute approximate surface area is 183 Å². The van der Waals surface area contributed by atoms with E-state index < -0.39 is 0 Å². The zero-order valence-electron chi connectivity index (χ0n) is 18.5. The van der Waals surface area contributed by atoms with Gasteiger partial charge >= 0.3 is 0 Å². The standard InChI is InChI=1S/C25H28N2O4/c1-16-5-7-18(8-6-16)22-23(26-13-11-17(2)12-14-26)25(29)27(24(22)28)19-9-10-20(30-3)21(15-19)31-4/h5-10,15,17H,11-14H2,1-4H3. The van der Waals surface area contributed by atoms with E-state index in [-0.39, 0.29) is 11.8 Å². The molecule has 6 heteroatoms. The molecule has 2 aliphatic heterocycles. The summed E-state index contributed by atoms with van der Waals surface area (Å²) >= 11 is 0. The number of carbonyl (C=O) groups is 2. The number of benzene rings is 2. The van der Waals surface area contributed by atoms with Crippen LogP contribution in [0, 0.1) is 12.8 Å². The van der Waals surface area contributed by atoms with Crippen LogP contribution in [0.15, 0.2) is 48.2 Å². The van der Waals surface area contributed by atoms with Crippen molar-refractivity contribution in [2.45, 2.75) is 26.7 Å². The fraction of sp³-hybridized carbons (Fsp3) is 0.360. The van der Waals surface area contributed by atoms with Crippen molar-refractivity contribution in [3.05, 3.63) is 59.3 Å². The molecule has 2 aliphatic rings. The smallest absolute Gasteiger partial charge is 0.282 e. The highest BCUT2D eigenvalue weighted by Gasteiger charge is 2.43. The topological polar surface area (TPSA) is 59.1 Å². The van der Waals surface area contributed by atoms with Crippen LogP contribution in [0.2, 0.25) is 0 Å². The molecule has 1 saturated heterocycles. The second kappa shape index (κ2) is 8.46. The second-order valence-corrected chi connectivity index (χ2v) is 8.24. The van der Waals surface area contributed by atoms with Crippen molar-refractivity contribution < 1.29 is 19.1 Å². The number of hydrogen-bond donors (Lipinski definition) is 0. The zero-order chi connectivity index (χ0) is 22.1. The number of ether oxygens (including phenoxy) is 2. The number of likely N-dealkylation sites (tertiary alicyclic amines) is 1. The number of imide groups is 1. The summed E-state index contributed by atoms with van der Waals surface area (Å²) in [5.41, 5.74) is 3.30. The molecule has 0 N–H and O–H groups in total. The van der Waals surface area contributed by atoms with Gasteiger partial charge in [0.2, 0.25) is 0 Å². The first-order valence-electron chi connectivity index (χ1n) is 10.6. The Hall–Kier alpha value is -3.28. The van der Waals surface area contributed by atoms with E-state index >= 15 is 0 Å². The highest BCUT2D eigenvalue weighted by Crippen LogP contribution is 2.39. The minimum absolute atomic E-state index is 0.289. The van der Waals surface area contributed by atoms with Crippen LogP contribution in [0.1, 0.15) is 30.9 Å². The molecular weight excluding hydrogens is 392 g/mol. The van der Waals surface area contributed by atoms with E-state index in [1.165, 1.54) is 12.0 Å². The Morgan fingerprint density at radius 2 is 1.52 bits per heavy atom. The van der Waals surface area contributed by atoms with E-state index in [0.29, 0.717) is 34.4 Å². The normalized spacial score (nSPS) is 17.5. The predicted octanol–water partition coefficient (Wildman–Crippen LogP) is 4.03. The van der Waals surface area contributed by atoms with Crippen molar-refractivity contribution in [3.8, 4) is 11.5 Å². The van der Waals surface area contributed by atoms with Crippen molar-refractivity contribution in [1.29, 1.82) is 0 Å². The second-order valence-electron chi connectivity index (χ2n) is 8.24. The summed E-state index contributed by atoms with van der Waals surface area (Å²) in [4.78, 5) is 30.6. The van der Waals surface area contributed by atoms with Gasteiger partial charge in [-0.15, -0.1) is 0 Å².